The van der Waals surface area contributed by atoms with Crippen LogP contribution in [0.25, 0.3) is 0 Å². The first-order valence-corrected chi connectivity index (χ1v) is 47.2. The molecule has 0 aliphatic heterocycles. The van der Waals surface area contributed by atoms with Crippen LogP contribution in [0.5, 0.6) is 0 Å². The maximum Gasteiger partial charge on any atom is 0.472 e. The molecule has 0 aromatic carbocycles. The molecule has 0 bridgehead atoms. The monoisotopic (exact) mass is 1540 g/mol. The number of carbonyl (C=O) groups excluding carboxylic acids is 4. The van der Waals surface area contributed by atoms with E-state index in [4.69, 9.17) is 37.0 Å². The lowest BCUT2D eigenvalue weighted by Crippen LogP contribution is -2.30. The van der Waals surface area contributed by atoms with Crippen LogP contribution in [0, 0.1) is 23.7 Å². The minimum Gasteiger partial charge on any atom is -0.462 e. The number of hydrogen-bond acceptors (Lipinski definition) is 15. The van der Waals surface area contributed by atoms with Crippen LogP contribution in [0.1, 0.15) is 447 Å². The number of ether oxygens (including phenoxy) is 4. The Labute approximate surface area is 645 Å². The molecule has 0 spiro atoms. The molecule has 0 aliphatic rings. The third-order valence-corrected chi connectivity index (χ3v) is 22.0. The van der Waals surface area contributed by atoms with Crippen molar-refractivity contribution in [1.82, 2.24) is 0 Å². The summed E-state index contributed by atoms with van der Waals surface area (Å²) in [5, 5.41) is 10.7. The maximum atomic E-state index is 13.1. The zero-order valence-electron chi connectivity index (χ0n) is 69.4. The summed E-state index contributed by atoms with van der Waals surface area (Å²) in [6.45, 7) is 14.3. The molecule has 19 heteroatoms. The minimum absolute atomic E-state index is 0.107. The molecule has 624 valence electrons. The van der Waals surface area contributed by atoms with E-state index >= 15 is 0 Å². The summed E-state index contributed by atoms with van der Waals surface area (Å²) in [6.07, 6.45) is 63.8. The molecule has 0 saturated heterocycles. The Kier molecular flexibility index (Phi) is 73.4. The molecule has 2 unspecified atom stereocenters. The van der Waals surface area contributed by atoms with Crippen molar-refractivity contribution in [2.24, 2.45) is 23.7 Å². The van der Waals surface area contributed by atoms with Crippen LogP contribution in [0.3, 0.4) is 0 Å². The van der Waals surface area contributed by atoms with Gasteiger partial charge in [-0.1, -0.05) is 396 Å². The Morgan fingerprint density at radius 1 is 0.238 bits per heavy atom. The van der Waals surface area contributed by atoms with Crippen molar-refractivity contribution in [3.63, 3.8) is 0 Å². The van der Waals surface area contributed by atoms with Crippen LogP contribution in [0.4, 0.5) is 0 Å². The summed E-state index contributed by atoms with van der Waals surface area (Å²) in [6, 6.07) is 0. The zero-order valence-corrected chi connectivity index (χ0v) is 71.2. The summed E-state index contributed by atoms with van der Waals surface area (Å²) in [5.74, 6) is 1.04. The zero-order chi connectivity index (χ0) is 77.4. The number of phosphoric ester groups is 2. The number of esters is 4. The molecule has 0 heterocycles. The Morgan fingerprint density at radius 2 is 0.400 bits per heavy atom. The molecule has 0 radical (unpaired) electrons. The first-order chi connectivity index (χ1) is 50.6. The van der Waals surface area contributed by atoms with Gasteiger partial charge in [0.2, 0.25) is 0 Å². The minimum atomic E-state index is -4.97. The van der Waals surface area contributed by atoms with Gasteiger partial charge < -0.3 is 33.8 Å². The molecule has 0 saturated carbocycles. The van der Waals surface area contributed by atoms with Gasteiger partial charge in [-0.15, -0.1) is 0 Å². The van der Waals surface area contributed by atoms with Crippen molar-refractivity contribution in [3.05, 3.63) is 0 Å². The fourth-order valence-electron chi connectivity index (χ4n) is 13.3. The molecular formula is C86H168O17P2. The number of aliphatic hydroxyl groups excluding tert-OH is 1. The van der Waals surface area contributed by atoms with Crippen LogP contribution in [-0.4, -0.2) is 96.7 Å². The van der Waals surface area contributed by atoms with Crippen LogP contribution >= 0.6 is 15.6 Å². The Balaban J connectivity index is 5.26. The molecule has 0 aromatic heterocycles. The SMILES string of the molecule is CC(C)CCCCCCCCCCCCCCCCCCC(=O)O[C@H](COC(=O)CCCCCCCCCCCCCCCCCC(C)C)COP(=O)(O)OC[C@@H](O)COP(=O)(O)OC[C@@H](COC(=O)CCCCCCCCCCCC(C)C)OC(=O)CCCCCCCCCCCCCCCC(C)C. The van der Waals surface area contributed by atoms with E-state index in [9.17, 15) is 43.2 Å². The van der Waals surface area contributed by atoms with Crippen molar-refractivity contribution < 1.29 is 80.2 Å². The first-order valence-electron chi connectivity index (χ1n) is 44.2. The highest BCUT2D eigenvalue weighted by Crippen LogP contribution is 2.45. The highest BCUT2D eigenvalue weighted by molar-refractivity contribution is 7.47. The second kappa shape index (κ2) is 74.8. The Hall–Kier alpha value is -1.94. The topological polar surface area (TPSA) is 237 Å². The number of phosphoric acid groups is 2. The third-order valence-electron chi connectivity index (χ3n) is 20.1. The number of aliphatic hydroxyl groups is 1. The van der Waals surface area contributed by atoms with E-state index < -0.39 is 97.5 Å². The molecule has 5 atom stereocenters. The molecule has 0 amide bonds. The van der Waals surface area contributed by atoms with Crippen molar-refractivity contribution in [2.45, 2.75) is 465 Å². The first kappa shape index (κ1) is 103. The molecule has 0 aromatic rings. The fourth-order valence-corrected chi connectivity index (χ4v) is 14.9. The average Bonchev–Trinajstić information content (AvgIpc) is 0.906. The van der Waals surface area contributed by atoms with E-state index in [0.29, 0.717) is 25.7 Å². The normalized spacial score (nSPS) is 13.9. The lowest BCUT2D eigenvalue weighted by atomic mass is 10.0. The third kappa shape index (κ3) is 79.9. The standard InChI is InChI=1S/C86H168O17P2/c1-76(2)62-54-46-38-30-23-17-12-9-10-14-21-27-35-44-52-60-68-85(90)102-81(72-96-83(88)66-58-50-42-34-26-20-15-11-13-18-24-31-39-47-55-63-77(3)4)74-100-104(92,93)98-70-80(87)71-99-105(94,95)101-75-82(73-97-84(89)67-59-51-43-37-29-33-41-49-57-65-79(7)8)103-86(91)69-61-53-45-36-28-22-16-19-25-32-40-48-56-64-78(5)6/h76-82,87H,9-75H2,1-8H3,(H,92,93)(H,94,95)/t80-,81-,82-/m1/s1. The van der Waals surface area contributed by atoms with Gasteiger partial charge >= 0.3 is 39.5 Å². The Bertz CT molecular complexity index is 2040. The number of unbranched alkanes of at least 4 members (excludes halogenated alkanes) is 49. The highest BCUT2D eigenvalue weighted by Gasteiger charge is 2.30. The van der Waals surface area contributed by atoms with E-state index in [1.807, 2.05) is 0 Å². The van der Waals surface area contributed by atoms with E-state index in [-0.39, 0.29) is 25.7 Å². The smallest absolute Gasteiger partial charge is 0.462 e. The quantitative estimate of drug-likeness (QED) is 0.0222. The number of carbonyl (C=O) groups is 4. The average molecular weight is 1540 g/mol. The lowest BCUT2D eigenvalue weighted by Gasteiger charge is -2.21. The van der Waals surface area contributed by atoms with E-state index in [1.165, 1.54) is 250 Å². The summed E-state index contributed by atoms with van der Waals surface area (Å²) in [4.78, 5) is 73.3. The fraction of sp³-hybridized carbons (Fsp3) is 0.953. The second-order valence-corrected chi connectivity index (χ2v) is 35.7. The molecule has 0 fully saturated rings. The second-order valence-electron chi connectivity index (χ2n) is 32.8. The summed E-state index contributed by atoms with van der Waals surface area (Å²) in [7, 11) is -9.93. The predicted octanol–water partition coefficient (Wildman–Crippen LogP) is 25.9. The van der Waals surface area contributed by atoms with Crippen molar-refractivity contribution in [3.8, 4) is 0 Å². The van der Waals surface area contributed by atoms with Gasteiger partial charge in [-0.3, -0.25) is 37.3 Å². The van der Waals surface area contributed by atoms with Crippen LogP contribution < -0.4 is 0 Å². The maximum absolute atomic E-state index is 13.1. The van der Waals surface area contributed by atoms with Crippen molar-refractivity contribution in [1.29, 1.82) is 0 Å². The van der Waals surface area contributed by atoms with Crippen LogP contribution in [0.15, 0.2) is 0 Å². The van der Waals surface area contributed by atoms with Gasteiger partial charge in [0.05, 0.1) is 26.4 Å². The van der Waals surface area contributed by atoms with Gasteiger partial charge in [-0.2, -0.15) is 0 Å². The van der Waals surface area contributed by atoms with E-state index in [1.54, 1.807) is 0 Å². The largest absolute Gasteiger partial charge is 0.472 e. The van der Waals surface area contributed by atoms with Crippen LogP contribution in [0.2, 0.25) is 0 Å². The van der Waals surface area contributed by atoms with E-state index in [2.05, 4.69) is 55.4 Å². The molecule has 105 heavy (non-hydrogen) atoms. The molecule has 17 nitrogen and oxygen atoms in total. The van der Waals surface area contributed by atoms with Crippen molar-refractivity contribution >= 4 is 39.5 Å². The Morgan fingerprint density at radius 3 is 0.590 bits per heavy atom. The molecule has 0 aliphatic carbocycles. The predicted molar refractivity (Wildman–Crippen MR) is 432 cm³/mol. The summed E-state index contributed by atoms with van der Waals surface area (Å²) >= 11 is 0. The number of rotatable bonds is 83. The van der Waals surface area contributed by atoms with Gasteiger partial charge in [0.15, 0.2) is 12.2 Å². The van der Waals surface area contributed by atoms with Gasteiger partial charge in [0.1, 0.15) is 19.3 Å². The van der Waals surface area contributed by atoms with Crippen LogP contribution in [-0.2, 0) is 65.4 Å². The van der Waals surface area contributed by atoms with E-state index in [0.717, 1.165) is 114 Å². The highest BCUT2D eigenvalue weighted by atomic mass is 31.2. The summed E-state index contributed by atoms with van der Waals surface area (Å²) in [5.41, 5.74) is 0. The van der Waals surface area contributed by atoms with Gasteiger partial charge in [0.25, 0.3) is 0 Å². The molecule has 3 N–H and O–H groups in total. The van der Waals surface area contributed by atoms with Gasteiger partial charge in [-0.25, -0.2) is 9.13 Å². The number of hydrogen-bond donors (Lipinski definition) is 3. The lowest BCUT2D eigenvalue weighted by molar-refractivity contribution is -0.161. The summed E-state index contributed by atoms with van der Waals surface area (Å²) < 4.78 is 68.9. The molecule has 0 rings (SSSR count). The van der Waals surface area contributed by atoms with Crippen molar-refractivity contribution in [2.75, 3.05) is 39.6 Å². The van der Waals surface area contributed by atoms with Gasteiger partial charge in [-0.05, 0) is 49.4 Å². The van der Waals surface area contributed by atoms with Gasteiger partial charge in [0, 0.05) is 25.7 Å². The molecular weight excluding hydrogens is 1370 g/mol.